The van der Waals surface area contributed by atoms with E-state index in [1.807, 2.05) is 0 Å². The lowest BCUT2D eigenvalue weighted by molar-refractivity contribution is -0.194. The first-order valence-corrected chi connectivity index (χ1v) is 5.58. The normalized spacial score (nSPS) is 17.9. The topological polar surface area (TPSA) is 48.1 Å². The summed E-state index contributed by atoms with van der Waals surface area (Å²) < 4.78 is 80.1. The standard InChI is InChI=1S/C11H10F6N2O/c12-10(13,14)7-3-6(18)4-8(19-7)20-5-9(1-2-9)11(15,16)17/h3-4H,1-2,5H2,(H2,18,19). The van der Waals surface area contributed by atoms with Gasteiger partial charge in [-0.3, -0.25) is 0 Å². The Morgan fingerprint density at radius 1 is 1.15 bits per heavy atom. The Morgan fingerprint density at radius 2 is 1.75 bits per heavy atom. The molecule has 0 aromatic carbocycles. The van der Waals surface area contributed by atoms with Crippen molar-refractivity contribution in [2.45, 2.75) is 25.2 Å². The van der Waals surface area contributed by atoms with Crippen LogP contribution in [0.3, 0.4) is 0 Å². The Bertz CT molecular complexity index is 507. The number of ether oxygens (including phenoxy) is 1. The van der Waals surface area contributed by atoms with E-state index in [1.54, 1.807) is 0 Å². The molecule has 3 nitrogen and oxygen atoms in total. The molecule has 0 atom stereocenters. The van der Waals surface area contributed by atoms with E-state index in [0.717, 1.165) is 6.07 Å². The van der Waals surface area contributed by atoms with Crippen LogP contribution in [0.5, 0.6) is 5.88 Å². The second kappa shape index (κ2) is 4.42. The van der Waals surface area contributed by atoms with Gasteiger partial charge in [-0.1, -0.05) is 0 Å². The summed E-state index contributed by atoms with van der Waals surface area (Å²) in [4.78, 5) is 3.12. The second-order valence-electron chi connectivity index (χ2n) is 4.69. The van der Waals surface area contributed by atoms with Crippen LogP contribution in [-0.2, 0) is 6.18 Å². The fourth-order valence-corrected chi connectivity index (χ4v) is 1.62. The van der Waals surface area contributed by atoms with Gasteiger partial charge in [-0.2, -0.15) is 26.3 Å². The second-order valence-corrected chi connectivity index (χ2v) is 4.69. The summed E-state index contributed by atoms with van der Waals surface area (Å²) in [5.41, 5.74) is 1.70. The molecule has 2 rings (SSSR count). The monoisotopic (exact) mass is 300 g/mol. The number of alkyl halides is 6. The maximum Gasteiger partial charge on any atom is 0.433 e. The maximum atomic E-state index is 12.6. The fraction of sp³-hybridized carbons (Fsp3) is 0.545. The van der Waals surface area contributed by atoms with E-state index in [1.165, 1.54) is 0 Å². The highest BCUT2D eigenvalue weighted by molar-refractivity contribution is 5.43. The van der Waals surface area contributed by atoms with Gasteiger partial charge in [0.05, 0.1) is 0 Å². The van der Waals surface area contributed by atoms with Crippen molar-refractivity contribution in [2.75, 3.05) is 12.3 Å². The number of rotatable bonds is 3. The van der Waals surface area contributed by atoms with Crippen LogP contribution in [0.25, 0.3) is 0 Å². The Labute approximate surface area is 109 Å². The van der Waals surface area contributed by atoms with Gasteiger partial charge in [0, 0.05) is 11.8 Å². The number of anilines is 1. The molecule has 2 N–H and O–H groups in total. The van der Waals surface area contributed by atoms with E-state index >= 15 is 0 Å². The minimum atomic E-state index is -4.74. The molecule has 1 aromatic rings. The van der Waals surface area contributed by atoms with E-state index in [-0.39, 0.29) is 18.5 Å². The Hall–Kier alpha value is -1.67. The summed E-state index contributed by atoms with van der Waals surface area (Å²) in [6.07, 6.45) is -9.40. The highest BCUT2D eigenvalue weighted by Gasteiger charge is 2.64. The molecule has 0 aliphatic heterocycles. The predicted octanol–water partition coefficient (Wildman–Crippen LogP) is 3.40. The van der Waals surface area contributed by atoms with Crippen molar-refractivity contribution < 1.29 is 31.1 Å². The third kappa shape index (κ3) is 2.91. The first-order chi connectivity index (χ1) is 9.03. The first kappa shape index (κ1) is 14.7. The molecule has 1 saturated carbocycles. The van der Waals surface area contributed by atoms with E-state index in [4.69, 9.17) is 10.5 Å². The molecule has 1 aromatic heterocycles. The quantitative estimate of drug-likeness (QED) is 0.870. The molecule has 112 valence electrons. The van der Waals surface area contributed by atoms with Gasteiger partial charge < -0.3 is 10.5 Å². The number of nitrogen functional groups attached to an aromatic ring is 1. The number of nitrogens with zero attached hydrogens (tertiary/aromatic N) is 1. The lowest BCUT2D eigenvalue weighted by Crippen LogP contribution is -2.30. The zero-order valence-corrected chi connectivity index (χ0v) is 9.98. The molecule has 0 radical (unpaired) electrons. The highest BCUT2D eigenvalue weighted by Crippen LogP contribution is 2.57. The average Bonchev–Trinajstić information content (AvgIpc) is 3.04. The number of pyridine rings is 1. The van der Waals surface area contributed by atoms with E-state index in [0.29, 0.717) is 6.07 Å². The van der Waals surface area contributed by atoms with Crippen molar-refractivity contribution in [1.29, 1.82) is 0 Å². The molecule has 0 saturated heterocycles. The number of nitrogens with two attached hydrogens (primary N) is 1. The van der Waals surface area contributed by atoms with E-state index in [9.17, 15) is 26.3 Å². The van der Waals surface area contributed by atoms with Crippen LogP contribution >= 0.6 is 0 Å². The van der Waals surface area contributed by atoms with Gasteiger partial charge in [-0.15, -0.1) is 0 Å². The molecule has 0 bridgehead atoms. The molecule has 1 heterocycles. The molecule has 9 heteroatoms. The predicted molar refractivity (Wildman–Crippen MR) is 56.9 cm³/mol. The molecular weight excluding hydrogens is 290 g/mol. The molecule has 0 amide bonds. The average molecular weight is 300 g/mol. The van der Waals surface area contributed by atoms with Gasteiger partial charge >= 0.3 is 12.4 Å². The smallest absolute Gasteiger partial charge is 0.433 e. The zero-order valence-electron chi connectivity index (χ0n) is 9.98. The minimum Gasteiger partial charge on any atom is -0.477 e. The van der Waals surface area contributed by atoms with Crippen LogP contribution in [0.2, 0.25) is 0 Å². The molecule has 1 fully saturated rings. The van der Waals surface area contributed by atoms with Crippen LogP contribution in [0.4, 0.5) is 32.0 Å². The van der Waals surface area contributed by atoms with Crippen molar-refractivity contribution in [3.63, 3.8) is 0 Å². The Morgan fingerprint density at radius 3 is 2.20 bits per heavy atom. The van der Waals surface area contributed by atoms with Crippen molar-refractivity contribution in [2.24, 2.45) is 5.41 Å². The van der Waals surface area contributed by atoms with Gasteiger partial charge in [-0.05, 0) is 18.9 Å². The van der Waals surface area contributed by atoms with Crippen molar-refractivity contribution in [3.05, 3.63) is 17.8 Å². The summed E-state index contributed by atoms with van der Waals surface area (Å²) >= 11 is 0. The first-order valence-electron chi connectivity index (χ1n) is 5.58. The summed E-state index contributed by atoms with van der Waals surface area (Å²) in [6.45, 7) is -0.760. The molecule has 0 unspecified atom stereocenters. The lowest BCUT2D eigenvalue weighted by atomic mass is 10.1. The molecule has 1 aliphatic rings. The molecule has 0 spiro atoms. The van der Waals surface area contributed by atoms with Crippen molar-refractivity contribution >= 4 is 5.69 Å². The van der Waals surface area contributed by atoms with Gasteiger partial charge in [-0.25, -0.2) is 4.98 Å². The van der Waals surface area contributed by atoms with Gasteiger partial charge in [0.1, 0.15) is 12.0 Å². The van der Waals surface area contributed by atoms with Gasteiger partial charge in [0.15, 0.2) is 5.69 Å². The number of halogens is 6. The molecule has 1 aliphatic carbocycles. The largest absolute Gasteiger partial charge is 0.477 e. The van der Waals surface area contributed by atoms with Crippen molar-refractivity contribution in [1.82, 2.24) is 4.98 Å². The summed E-state index contributed by atoms with van der Waals surface area (Å²) in [5.74, 6) is -0.562. The maximum absolute atomic E-state index is 12.6. The SMILES string of the molecule is Nc1cc(OCC2(C(F)(F)F)CC2)nc(C(F)(F)F)c1. The van der Waals surface area contributed by atoms with Crippen LogP contribution in [-0.4, -0.2) is 17.8 Å². The van der Waals surface area contributed by atoms with Crippen LogP contribution < -0.4 is 10.5 Å². The minimum absolute atomic E-state index is 0.106. The zero-order chi connectivity index (χ0) is 15.2. The van der Waals surface area contributed by atoms with E-state index in [2.05, 4.69) is 4.98 Å². The third-order valence-corrected chi connectivity index (χ3v) is 3.07. The van der Waals surface area contributed by atoms with Crippen LogP contribution in [0.1, 0.15) is 18.5 Å². The Kier molecular flexibility index (Phi) is 3.26. The van der Waals surface area contributed by atoms with Gasteiger partial charge in [0.25, 0.3) is 0 Å². The Balaban J connectivity index is 2.13. The molecule has 20 heavy (non-hydrogen) atoms. The number of aromatic nitrogens is 1. The van der Waals surface area contributed by atoms with E-state index < -0.39 is 35.9 Å². The third-order valence-electron chi connectivity index (χ3n) is 3.07. The fourth-order valence-electron chi connectivity index (χ4n) is 1.62. The van der Waals surface area contributed by atoms with Crippen LogP contribution in [0, 0.1) is 5.41 Å². The molecular formula is C11H10F6N2O. The highest BCUT2D eigenvalue weighted by atomic mass is 19.4. The summed E-state index contributed by atoms with van der Waals surface area (Å²) in [5, 5.41) is 0. The lowest BCUT2D eigenvalue weighted by Gasteiger charge is -2.19. The number of hydrogen-bond acceptors (Lipinski definition) is 3. The summed E-state index contributed by atoms with van der Waals surface area (Å²) in [7, 11) is 0. The number of hydrogen-bond donors (Lipinski definition) is 1. The van der Waals surface area contributed by atoms with Gasteiger partial charge in [0.2, 0.25) is 5.88 Å². The van der Waals surface area contributed by atoms with Crippen molar-refractivity contribution in [3.8, 4) is 5.88 Å². The van der Waals surface area contributed by atoms with Crippen LogP contribution in [0.15, 0.2) is 12.1 Å². The summed E-state index contributed by atoms with van der Waals surface area (Å²) in [6, 6.07) is 1.55.